The van der Waals surface area contributed by atoms with Crippen LogP contribution in [0.4, 0.5) is 13.2 Å². The maximum atomic E-state index is 12.8. The molecule has 0 unspecified atom stereocenters. The molecule has 1 aromatic carbocycles. The number of rotatable bonds is 2. The van der Waals surface area contributed by atoms with Crippen molar-refractivity contribution in [1.82, 2.24) is 10.2 Å². The summed E-state index contributed by atoms with van der Waals surface area (Å²) in [6, 6.07) is 4.00. The lowest BCUT2D eigenvalue weighted by Crippen LogP contribution is -2.44. The zero-order valence-corrected chi connectivity index (χ0v) is 11.4. The third kappa shape index (κ3) is 3.22. The number of benzene rings is 1. The Morgan fingerprint density at radius 1 is 1.26 bits per heavy atom. The van der Waals surface area contributed by atoms with Crippen LogP contribution in [0.1, 0.15) is 24.1 Å². The van der Waals surface area contributed by atoms with Crippen molar-refractivity contribution in [2.24, 2.45) is 0 Å². The number of nitrogens with one attached hydrogen (secondary N) is 1. The van der Waals surface area contributed by atoms with Crippen molar-refractivity contribution in [2.45, 2.75) is 19.1 Å². The Morgan fingerprint density at radius 3 is 2.47 bits per heavy atom. The van der Waals surface area contributed by atoms with Crippen molar-refractivity contribution in [1.29, 1.82) is 0 Å². The summed E-state index contributed by atoms with van der Waals surface area (Å²) >= 11 is 5.95. The van der Waals surface area contributed by atoms with Gasteiger partial charge in [-0.25, -0.2) is 0 Å². The summed E-state index contributed by atoms with van der Waals surface area (Å²) in [7, 11) is 0. The number of piperazine rings is 1. The molecule has 1 N–H and O–H groups in total. The van der Waals surface area contributed by atoms with Gasteiger partial charge in [0.2, 0.25) is 0 Å². The average molecular weight is 293 g/mol. The quantitative estimate of drug-likeness (QED) is 0.899. The molecular weight excluding hydrogens is 277 g/mol. The van der Waals surface area contributed by atoms with Gasteiger partial charge >= 0.3 is 6.18 Å². The second-order valence-corrected chi connectivity index (χ2v) is 5.05. The minimum Gasteiger partial charge on any atom is -0.314 e. The van der Waals surface area contributed by atoms with Gasteiger partial charge in [0, 0.05) is 32.2 Å². The van der Waals surface area contributed by atoms with Gasteiger partial charge in [0.1, 0.15) is 0 Å². The Hall–Kier alpha value is -0.780. The molecule has 0 radical (unpaired) electrons. The lowest BCUT2D eigenvalue weighted by Gasteiger charge is -2.33. The number of nitrogens with zero attached hydrogens (tertiary/aromatic N) is 1. The first kappa shape index (κ1) is 14.6. The van der Waals surface area contributed by atoms with Crippen molar-refractivity contribution < 1.29 is 13.2 Å². The lowest BCUT2D eigenvalue weighted by atomic mass is 10.0. The Balaban J connectivity index is 2.29. The number of hydrogen-bond acceptors (Lipinski definition) is 2. The van der Waals surface area contributed by atoms with Crippen LogP contribution in [0.5, 0.6) is 0 Å². The van der Waals surface area contributed by atoms with E-state index in [0.29, 0.717) is 5.56 Å². The topological polar surface area (TPSA) is 15.3 Å². The van der Waals surface area contributed by atoms with Crippen LogP contribution in [0, 0.1) is 0 Å². The van der Waals surface area contributed by atoms with E-state index in [1.807, 2.05) is 6.92 Å². The molecule has 6 heteroatoms. The van der Waals surface area contributed by atoms with Crippen molar-refractivity contribution in [3.63, 3.8) is 0 Å². The maximum Gasteiger partial charge on any atom is 0.417 e. The monoisotopic (exact) mass is 292 g/mol. The predicted octanol–water partition coefficient (Wildman–Crippen LogP) is 3.33. The summed E-state index contributed by atoms with van der Waals surface area (Å²) in [4.78, 5) is 2.14. The molecule has 0 bridgehead atoms. The molecule has 0 amide bonds. The molecule has 1 aromatic rings. The fraction of sp³-hybridized carbons (Fsp3) is 0.538. The van der Waals surface area contributed by atoms with E-state index in [2.05, 4.69) is 10.2 Å². The molecule has 1 aliphatic rings. The highest BCUT2D eigenvalue weighted by molar-refractivity contribution is 6.32. The van der Waals surface area contributed by atoms with Crippen molar-refractivity contribution >= 4 is 11.6 Å². The van der Waals surface area contributed by atoms with Crippen molar-refractivity contribution in [3.05, 3.63) is 34.3 Å². The molecule has 19 heavy (non-hydrogen) atoms. The molecule has 1 atom stereocenters. The smallest absolute Gasteiger partial charge is 0.314 e. The summed E-state index contributed by atoms with van der Waals surface area (Å²) in [5, 5.41) is 3.04. The van der Waals surface area contributed by atoms with E-state index in [0.717, 1.165) is 32.2 Å². The molecule has 0 saturated carbocycles. The fourth-order valence-electron chi connectivity index (χ4n) is 2.36. The first-order valence-corrected chi connectivity index (χ1v) is 6.59. The summed E-state index contributed by atoms with van der Waals surface area (Å²) in [5.41, 5.74) is -0.216. The Bertz CT molecular complexity index is 442. The first-order valence-electron chi connectivity index (χ1n) is 6.21. The van der Waals surface area contributed by atoms with Crippen LogP contribution in [0.25, 0.3) is 0 Å². The largest absolute Gasteiger partial charge is 0.417 e. The molecule has 0 spiro atoms. The average Bonchev–Trinajstić information content (AvgIpc) is 2.38. The first-order chi connectivity index (χ1) is 8.91. The third-order valence-corrected chi connectivity index (χ3v) is 3.91. The predicted molar refractivity (Wildman–Crippen MR) is 69.3 cm³/mol. The summed E-state index contributed by atoms with van der Waals surface area (Å²) in [6.45, 7) is 5.22. The molecule has 106 valence electrons. The molecule has 1 aliphatic heterocycles. The van der Waals surface area contributed by atoms with Gasteiger partial charge in [-0.2, -0.15) is 13.2 Å². The number of alkyl halides is 3. The van der Waals surface area contributed by atoms with Crippen molar-refractivity contribution in [3.8, 4) is 0 Å². The fourth-order valence-corrected chi connectivity index (χ4v) is 2.75. The van der Waals surface area contributed by atoms with E-state index in [9.17, 15) is 13.2 Å². The van der Waals surface area contributed by atoms with Crippen LogP contribution < -0.4 is 5.32 Å². The lowest BCUT2D eigenvalue weighted by molar-refractivity contribution is -0.137. The van der Waals surface area contributed by atoms with Gasteiger partial charge in [-0.15, -0.1) is 0 Å². The SMILES string of the molecule is C[C@@H](c1cccc(C(F)(F)F)c1Cl)N1CCNCC1. The maximum absolute atomic E-state index is 12.8. The van der Waals surface area contributed by atoms with E-state index in [1.165, 1.54) is 6.07 Å². The molecule has 2 rings (SSSR count). The van der Waals surface area contributed by atoms with Gasteiger partial charge < -0.3 is 5.32 Å². The molecule has 0 aliphatic carbocycles. The Labute approximate surface area is 115 Å². The van der Waals surface area contributed by atoms with E-state index in [-0.39, 0.29) is 11.1 Å². The summed E-state index contributed by atoms with van der Waals surface area (Å²) in [6.07, 6.45) is -4.41. The van der Waals surface area contributed by atoms with Gasteiger partial charge in [-0.3, -0.25) is 4.90 Å². The van der Waals surface area contributed by atoms with Crippen LogP contribution >= 0.6 is 11.6 Å². The number of hydrogen-bond donors (Lipinski definition) is 1. The van der Waals surface area contributed by atoms with Gasteiger partial charge in [-0.05, 0) is 18.6 Å². The second-order valence-electron chi connectivity index (χ2n) is 4.67. The second kappa shape index (κ2) is 5.69. The van der Waals surface area contributed by atoms with Crippen LogP contribution in [0.3, 0.4) is 0 Å². The van der Waals surface area contributed by atoms with Crippen molar-refractivity contribution in [2.75, 3.05) is 26.2 Å². The van der Waals surface area contributed by atoms with Gasteiger partial charge in [0.05, 0.1) is 10.6 Å². The minimum atomic E-state index is -4.41. The minimum absolute atomic E-state index is 0.114. The molecular formula is C13H16ClF3N2. The van der Waals surface area contributed by atoms with Gasteiger partial charge in [0.25, 0.3) is 0 Å². The molecule has 1 fully saturated rings. The normalized spacial score (nSPS) is 19.4. The molecule has 1 saturated heterocycles. The standard InChI is InChI=1S/C13H16ClF3N2/c1-9(19-7-5-18-6-8-19)10-3-2-4-11(12(10)14)13(15,16)17/h2-4,9,18H,5-8H2,1H3/t9-/m0/s1. The number of halogens is 4. The van der Waals surface area contributed by atoms with E-state index < -0.39 is 11.7 Å². The van der Waals surface area contributed by atoms with E-state index in [4.69, 9.17) is 11.6 Å². The summed E-state index contributed by atoms with van der Waals surface area (Å²) in [5.74, 6) is 0. The Kier molecular flexibility index (Phi) is 4.38. The molecule has 1 heterocycles. The Morgan fingerprint density at radius 2 is 1.89 bits per heavy atom. The zero-order chi connectivity index (χ0) is 14.0. The van der Waals surface area contributed by atoms with E-state index >= 15 is 0 Å². The summed E-state index contributed by atoms with van der Waals surface area (Å²) < 4.78 is 38.5. The van der Waals surface area contributed by atoms with Crippen LogP contribution in [0.2, 0.25) is 5.02 Å². The van der Waals surface area contributed by atoms with Gasteiger partial charge in [-0.1, -0.05) is 23.7 Å². The highest BCUT2D eigenvalue weighted by atomic mass is 35.5. The molecule has 0 aromatic heterocycles. The van der Waals surface area contributed by atoms with E-state index in [1.54, 1.807) is 6.07 Å². The highest BCUT2D eigenvalue weighted by Gasteiger charge is 2.34. The third-order valence-electron chi connectivity index (χ3n) is 3.48. The zero-order valence-electron chi connectivity index (χ0n) is 10.6. The molecule has 2 nitrogen and oxygen atoms in total. The van der Waals surface area contributed by atoms with Crippen LogP contribution in [0.15, 0.2) is 18.2 Å². The highest BCUT2D eigenvalue weighted by Crippen LogP contribution is 2.38. The van der Waals surface area contributed by atoms with Crippen LogP contribution in [-0.4, -0.2) is 31.1 Å². The van der Waals surface area contributed by atoms with Crippen LogP contribution in [-0.2, 0) is 6.18 Å². The van der Waals surface area contributed by atoms with Gasteiger partial charge in [0.15, 0.2) is 0 Å².